The van der Waals surface area contributed by atoms with Crippen LogP contribution in [0.25, 0.3) is 0 Å². The van der Waals surface area contributed by atoms with Crippen LogP contribution in [-0.2, 0) is 16.1 Å². The second-order valence-corrected chi connectivity index (χ2v) is 6.03. The fourth-order valence-electron chi connectivity index (χ4n) is 3.05. The standard InChI is InChI=1S/C16H18FNO4/c17-12-2-3-13-11(8-12)10-18(6-7-22-13)14(19)9-16(15(20)21)4-1-5-16/h2-3,8H,1,4-7,9-10H2,(H,20,21). The van der Waals surface area contributed by atoms with Gasteiger partial charge in [-0.1, -0.05) is 6.42 Å². The quantitative estimate of drug-likeness (QED) is 0.929. The molecule has 0 unspecified atom stereocenters. The van der Waals surface area contributed by atoms with Gasteiger partial charge >= 0.3 is 5.97 Å². The number of rotatable bonds is 3. The van der Waals surface area contributed by atoms with Crippen LogP contribution in [0.2, 0.25) is 0 Å². The van der Waals surface area contributed by atoms with Crippen molar-refractivity contribution in [1.82, 2.24) is 4.90 Å². The van der Waals surface area contributed by atoms with Gasteiger partial charge in [-0.3, -0.25) is 9.59 Å². The van der Waals surface area contributed by atoms with Gasteiger partial charge in [0.15, 0.2) is 0 Å². The number of carbonyl (C=O) groups excluding carboxylic acids is 1. The Balaban J connectivity index is 1.74. The molecule has 0 spiro atoms. The molecule has 1 amide bonds. The summed E-state index contributed by atoms with van der Waals surface area (Å²) >= 11 is 0. The number of aliphatic carboxylic acids is 1. The first-order valence-corrected chi connectivity index (χ1v) is 7.43. The molecule has 1 aromatic carbocycles. The van der Waals surface area contributed by atoms with Crippen LogP contribution in [0.3, 0.4) is 0 Å². The summed E-state index contributed by atoms with van der Waals surface area (Å²) < 4.78 is 18.9. The maximum atomic E-state index is 13.4. The zero-order valence-corrected chi connectivity index (χ0v) is 12.2. The summed E-state index contributed by atoms with van der Waals surface area (Å²) in [4.78, 5) is 25.4. The van der Waals surface area contributed by atoms with E-state index >= 15 is 0 Å². The Kier molecular flexibility index (Phi) is 3.76. The second-order valence-electron chi connectivity index (χ2n) is 6.03. The van der Waals surface area contributed by atoms with Gasteiger partial charge in [-0.15, -0.1) is 0 Å². The second kappa shape index (κ2) is 5.59. The minimum Gasteiger partial charge on any atom is -0.491 e. The third-order valence-corrected chi connectivity index (χ3v) is 4.61. The molecule has 1 aliphatic carbocycles. The minimum atomic E-state index is -0.908. The minimum absolute atomic E-state index is 0.00693. The number of amides is 1. The largest absolute Gasteiger partial charge is 0.491 e. The van der Waals surface area contributed by atoms with Gasteiger partial charge in [0.25, 0.3) is 0 Å². The van der Waals surface area contributed by atoms with Gasteiger partial charge in [-0.25, -0.2) is 4.39 Å². The lowest BCUT2D eigenvalue weighted by Gasteiger charge is -2.38. The molecule has 0 saturated heterocycles. The molecule has 118 valence electrons. The average Bonchev–Trinajstić information content (AvgIpc) is 2.63. The number of halogens is 1. The molecule has 0 bridgehead atoms. The Morgan fingerprint density at radius 3 is 2.77 bits per heavy atom. The van der Waals surface area contributed by atoms with Gasteiger partial charge in [-0.05, 0) is 31.0 Å². The highest BCUT2D eigenvalue weighted by Gasteiger charge is 2.46. The molecule has 5 nitrogen and oxygen atoms in total. The van der Waals surface area contributed by atoms with Gasteiger partial charge in [0.2, 0.25) is 5.91 Å². The first-order chi connectivity index (χ1) is 10.5. The predicted molar refractivity (Wildman–Crippen MR) is 75.8 cm³/mol. The molecule has 6 heteroatoms. The van der Waals surface area contributed by atoms with Crippen LogP contribution < -0.4 is 4.74 Å². The molecule has 22 heavy (non-hydrogen) atoms. The van der Waals surface area contributed by atoms with Crippen LogP contribution in [0.1, 0.15) is 31.2 Å². The SMILES string of the molecule is O=C(CC1(C(=O)O)CCC1)N1CCOc2ccc(F)cc2C1. The fourth-order valence-corrected chi connectivity index (χ4v) is 3.05. The zero-order valence-electron chi connectivity index (χ0n) is 12.2. The summed E-state index contributed by atoms with van der Waals surface area (Å²) in [5.41, 5.74) is -0.293. The number of carboxylic acid groups (broad SMARTS) is 1. The number of ether oxygens (including phenoxy) is 1. The number of hydrogen-bond acceptors (Lipinski definition) is 3. The van der Waals surface area contributed by atoms with Gasteiger partial charge in [-0.2, -0.15) is 0 Å². The van der Waals surface area contributed by atoms with E-state index in [4.69, 9.17) is 4.74 Å². The third kappa shape index (κ3) is 2.65. The van der Waals surface area contributed by atoms with Crippen molar-refractivity contribution in [3.8, 4) is 5.75 Å². The Hall–Kier alpha value is -2.11. The molecule has 1 saturated carbocycles. The van der Waals surface area contributed by atoms with Gasteiger partial charge in [0, 0.05) is 18.5 Å². The number of fused-ring (bicyclic) bond motifs is 1. The lowest BCUT2D eigenvalue weighted by Crippen LogP contribution is -2.44. The van der Waals surface area contributed by atoms with E-state index in [1.807, 2.05) is 0 Å². The topological polar surface area (TPSA) is 66.8 Å². The molecule has 2 aliphatic rings. The van der Waals surface area contributed by atoms with Crippen molar-refractivity contribution < 1.29 is 23.8 Å². The van der Waals surface area contributed by atoms with Crippen LogP contribution in [0, 0.1) is 11.2 Å². The summed E-state index contributed by atoms with van der Waals surface area (Å²) in [6, 6.07) is 4.24. The highest BCUT2D eigenvalue weighted by atomic mass is 19.1. The predicted octanol–water partition coefficient (Wildman–Crippen LogP) is 2.19. The number of benzene rings is 1. The molecule has 1 aromatic rings. The first kappa shape index (κ1) is 14.8. The van der Waals surface area contributed by atoms with Crippen molar-refractivity contribution in [1.29, 1.82) is 0 Å². The Bertz CT molecular complexity index is 612. The highest BCUT2D eigenvalue weighted by Crippen LogP contribution is 2.44. The lowest BCUT2D eigenvalue weighted by molar-refractivity contribution is -0.159. The normalized spacial score (nSPS) is 19.4. The zero-order chi connectivity index (χ0) is 15.7. The van der Waals surface area contributed by atoms with Crippen molar-refractivity contribution in [3.63, 3.8) is 0 Å². The molecule has 1 N–H and O–H groups in total. The lowest BCUT2D eigenvalue weighted by atomic mass is 9.66. The highest BCUT2D eigenvalue weighted by molar-refractivity contribution is 5.85. The van der Waals surface area contributed by atoms with E-state index in [9.17, 15) is 19.1 Å². The molecule has 1 fully saturated rings. The molecule has 1 heterocycles. The number of hydrogen-bond donors (Lipinski definition) is 1. The first-order valence-electron chi connectivity index (χ1n) is 7.43. The van der Waals surface area contributed by atoms with E-state index in [0.29, 0.717) is 37.3 Å². The summed E-state index contributed by atoms with van der Waals surface area (Å²) in [7, 11) is 0. The third-order valence-electron chi connectivity index (χ3n) is 4.61. The molecule has 3 rings (SSSR count). The number of nitrogens with zero attached hydrogens (tertiary/aromatic N) is 1. The van der Waals surface area contributed by atoms with Gasteiger partial charge in [0.1, 0.15) is 18.2 Å². The van der Waals surface area contributed by atoms with Crippen molar-refractivity contribution in [2.45, 2.75) is 32.2 Å². The molecular weight excluding hydrogens is 289 g/mol. The van der Waals surface area contributed by atoms with E-state index in [1.54, 1.807) is 11.0 Å². The summed E-state index contributed by atoms with van der Waals surface area (Å²) in [5.74, 6) is -0.904. The van der Waals surface area contributed by atoms with E-state index in [0.717, 1.165) is 6.42 Å². The Morgan fingerprint density at radius 1 is 1.36 bits per heavy atom. The smallest absolute Gasteiger partial charge is 0.310 e. The van der Waals surface area contributed by atoms with E-state index in [1.165, 1.54) is 12.1 Å². The van der Waals surface area contributed by atoms with Crippen LogP contribution in [-0.4, -0.2) is 35.0 Å². The summed E-state index contributed by atoms with van der Waals surface area (Å²) in [6.07, 6.45) is 1.94. The van der Waals surface area contributed by atoms with E-state index in [2.05, 4.69) is 0 Å². The van der Waals surface area contributed by atoms with Crippen LogP contribution in [0.4, 0.5) is 4.39 Å². The van der Waals surface area contributed by atoms with Gasteiger partial charge in [0.05, 0.1) is 12.0 Å². The van der Waals surface area contributed by atoms with E-state index in [-0.39, 0.29) is 24.7 Å². The maximum Gasteiger partial charge on any atom is 0.310 e. The van der Waals surface area contributed by atoms with Crippen molar-refractivity contribution >= 4 is 11.9 Å². The molecular formula is C16H18FNO4. The van der Waals surface area contributed by atoms with Crippen LogP contribution in [0.15, 0.2) is 18.2 Å². The van der Waals surface area contributed by atoms with Crippen LogP contribution >= 0.6 is 0 Å². The average molecular weight is 307 g/mol. The Morgan fingerprint density at radius 2 is 2.14 bits per heavy atom. The summed E-state index contributed by atoms with van der Waals surface area (Å²) in [5, 5.41) is 9.34. The van der Waals surface area contributed by atoms with Crippen LogP contribution in [0.5, 0.6) is 5.75 Å². The number of carboxylic acids is 1. The summed E-state index contributed by atoms with van der Waals surface area (Å²) in [6.45, 7) is 0.955. The molecule has 0 aromatic heterocycles. The molecule has 1 aliphatic heterocycles. The Labute approximate surface area is 127 Å². The van der Waals surface area contributed by atoms with Crippen molar-refractivity contribution in [2.24, 2.45) is 5.41 Å². The number of carbonyl (C=O) groups is 2. The van der Waals surface area contributed by atoms with Crippen molar-refractivity contribution in [3.05, 3.63) is 29.6 Å². The molecule has 0 atom stereocenters. The monoisotopic (exact) mass is 307 g/mol. The maximum absolute atomic E-state index is 13.4. The van der Waals surface area contributed by atoms with Crippen molar-refractivity contribution in [2.75, 3.05) is 13.2 Å². The van der Waals surface area contributed by atoms with Gasteiger partial charge < -0.3 is 14.7 Å². The van der Waals surface area contributed by atoms with E-state index < -0.39 is 11.4 Å². The fraction of sp³-hybridized carbons (Fsp3) is 0.500. The molecule has 0 radical (unpaired) electrons.